The van der Waals surface area contributed by atoms with E-state index in [0.29, 0.717) is 6.42 Å². The molecule has 0 radical (unpaired) electrons. The number of Topliss-reactive ketones (excluding diaryl/α,β-unsaturated/α-hetero) is 2. The molecule has 0 aromatic rings. The Labute approximate surface area is 229 Å². The molecular formula is C31H46N2O4S. The van der Waals surface area contributed by atoms with E-state index in [0.717, 1.165) is 44.9 Å². The van der Waals surface area contributed by atoms with Gasteiger partial charge in [-0.05, 0) is 84.4 Å². The van der Waals surface area contributed by atoms with Gasteiger partial charge in [0.2, 0.25) is 10.0 Å². The highest BCUT2D eigenvalue weighted by atomic mass is 32.2. The van der Waals surface area contributed by atoms with Crippen LogP contribution in [0.3, 0.4) is 0 Å². The first kappa shape index (κ1) is 28.0. The van der Waals surface area contributed by atoms with Gasteiger partial charge in [-0.15, -0.1) is 0 Å². The molecule has 0 saturated heterocycles. The number of ketones is 2. The summed E-state index contributed by atoms with van der Waals surface area (Å²) in [6, 6.07) is 2.19. The molecule has 6 nitrogen and oxygen atoms in total. The summed E-state index contributed by atoms with van der Waals surface area (Å²) >= 11 is 0. The maximum Gasteiger partial charge on any atom is 0.209 e. The van der Waals surface area contributed by atoms with E-state index in [9.17, 15) is 23.3 Å². The van der Waals surface area contributed by atoms with Crippen molar-refractivity contribution in [3.8, 4) is 6.07 Å². The number of fused-ring (bicyclic) bond motifs is 7. The highest BCUT2D eigenvalue weighted by molar-refractivity contribution is 7.88. The fourth-order valence-corrected chi connectivity index (χ4v) is 12.0. The molecule has 5 aliphatic rings. The Hall–Kier alpha value is -1.52. The third-order valence-corrected chi connectivity index (χ3v) is 13.6. The summed E-state index contributed by atoms with van der Waals surface area (Å²) in [4.78, 5) is 27.7. The van der Waals surface area contributed by atoms with Crippen molar-refractivity contribution in [3.63, 3.8) is 0 Å². The summed E-state index contributed by atoms with van der Waals surface area (Å²) in [7, 11) is -3.44. The molecule has 5 rings (SSSR count). The zero-order valence-electron chi connectivity index (χ0n) is 24.5. The molecule has 0 aromatic carbocycles. The molecule has 0 heterocycles. The molecule has 38 heavy (non-hydrogen) atoms. The molecular weight excluding hydrogens is 496 g/mol. The zero-order valence-corrected chi connectivity index (χ0v) is 25.3. The van der Waals surface area contributed by atoms with Crippen LogP contribution in [-0.4, -0.2) is 31.8 Å². The largest absolute Gasteiger partial charge is 0.299 e. The van der Waals surface area contributed by atoms with E-state index < -0.39 is 26.4 Å². The minimum atomic E-state index is -3.44. The number of carbonyl (C=O) groups is 2. The third-order valence-electron chi connectivity index (χ3n) is 12.9. The van der Waals surface area contributed by atoms with E-state index in [1.807, 2.05) is 19.9 Å². The summed E-state index contributed by atoms with van der Waals surface area (Å²) in [5.74, 6) is 0.0461. The summed E-state index contributed by atoms with van der Waals surface area (Å²) in [5.41, 5.74) is -1.80. The number of allylic oxidation sites excluding steroid dienone is 2. The first-order chi connectivity index (χ1) is 17.3. The molecule has 7 heteroatoms. The van der Waals surface area contributed by atoms with Crippen LogP contribution in [0.4, 0.5) is 0 Å². The van der Waals surface area contributed by atoms with E-state index in [1.54, 1.807) is 0 Å². The quantitative estimate of drug-likeness (QED) is 0.490. The van der Waals surface area contributed by atoms with Crippen molar-refractivity contribution >= 4 is 21.6 Å². The van der Waals surface area contributed by atoms with Gasteiger partial charge in [-0.3, -0.25) is 9.59 Å². The standard InChI is InChI=1S/C31H46N2O4S/c1-26(2)11-13-31(33-38(8,36)37)14-12-30(7)24(20(31)17-26)21(34)15-23-28(5)16-19(18-32)25(35)27(3,4)22(28)9-10-29(23,30)6/h16,20,22-24,33H,9-15,17H2,1-8H3/t20-,22-,23+,24-,28-,29+,30+,31-/m0/s1. The van der Waals surface area contributed by atoms with Crippen LogP contribution in [-0.2, 0) is 19.6 Å². The highest BCUT2D eigenvalue weighted by Gasteiger charge is 2.72. The Morgan fingerprint density at radius 3 is 2.16 bits per heavy atom. The maximum absolute atomic E-state index is 14.5. The number of hydrogen-bond acceptors (Lipinski definition) is 5. The predicted octanol–water partition coefficient (Wildman–Crippen LogP) is 5.59. The second-order valence-electron chi connectivity index (χ2n) is 15.7. The lowest BCUT2D eigenvalue weighted by molar-refractivity contribution is -0.214. The van der Waals surface area contributed by atoms with Gasteiger partial charge in [-0.25, -0.2) is 13.1 Å². The van der Waals surface area contributed by atoms with E-state index in [-0.39, 0.29) is 57.1 Å². The van der Waals surface area contributed by atoms with Crippen molar-refractivity contribution in [2.45, 2.75) is 105 Å². The second kappa shape index (κ2) is 8.03. The second-order valence-corrected chi connectivity index (χ2v) is 17.5. The average molecular weight is 543 g/mol. The Bertz CT molecular complexity index is 1270. The molecule has 4 saturated carbocycles. The number of nitriles is 1. The summed E-state index contributed by atoms with van der Waals surface area (Å²) in [6.45, 7) is 15.3. The van der Waals surface area contributed by atoms with Crippen LogP contribution >= 0.6 is 0 Å². The van der Waals surface area contributed by atoms with E-state index >= 15 is 0 Å². The molecule has 0 amide bonds. The Kier molecular flexibility index (Phi) is 5.92. The van der Waals surface area contributed by atoms with Gasteiger partial charge in [0.05, 0.1) is 11.8 Å². The Morgan fingerprint density at radius 2 is 1.55 bits per heavy atom. The topological polar surface area (TPSA) is 104 Å². The number of rotatable bonds is 2. The molecule has 5 aliphatic carbocycles. The highest BCUT2D eigenvalue weighted by Crippen LogP contribution is 2.74. The number of sulfonamides is 1. The van der Waals surface area contributed by atoms with Gasteiger partial charge in [-0.2, -0.15) is 5.26 Å². The monoisotopic (exact) mass is 542 g/mol. The van der Waals surface area contributed by atoms with E-state index in [4.69, 9.17) is 0 Å². The van der Waals surface area contributed by atoms with Crippen molar-refractivity contribution in [1.82, 2.24) is 4.72 Å². The molecule has 210 valence electrons. The van der Waals surface area contributed by atoms with Crippen LogP contribution in [0.2, 0.25) is 0 Å². The molecule has 8 atom stereocenters. The van der Waals surface area contributed by atoms with Gasteiger partial charge in [0, 0.05) is 23.3 Å². The van der Waals surface area contributed by atoms with Gasteiger partial charge < -0.3 is 0 Å². The van der Waals surface area contributed by atoms with Crippen molar-refractivity contribution in [2.75, 3.05) is 6.26 Å². The third kappa shape index (κ3) is 3.61. The van der Waals surface area contributed by atoms with E-state index in [1.165, 1.54) is 6.26 Å². The van der Waals surface area contributed by atoms with Gasteiger partial charge in [-0.1, -0.05) is 54.5 Å². The average Bonchev–Trinajstić information content (AvgIpc) is 2.78. The molecule has 0 spiro atoms. The molecule has 0 aromatic heterocycles. The van der Waals surface area contributed by atoms with Crippen LogP contribution in [0.15, 0.2) is 11.6 Å². The van der Waals surface area contributed by atoms with Crippen LogP contribution in [0.25, 0.3) is 0 Å². The minimum Gasteiger partial charge on any atom is -0.299 e. The Balaban J connectivity index is 1.64. The molecule has 0 bridgehead atoms. The number of nitrogens with one attached hydrogen (secondary N) is 1. The summed E-state index contributed by atoms with van der Waals surface area (Å²) < 4.78 is 28.3. The molecule has 1 N–H and O–H groups in total. The number of carbonyl (C=O) groups excluding carboxylic acids is 2. The van der Waals surface area contributed by atoms with Gasteiger partial charge in [0.25, 0.3) is 0 Å². The van der Waals surface area contributed by atoms with Crippen molar-refractivity contribution < 1.29 is 18.0 Å². The van der Waals surface area contributed by atoms with Crippen LogP contribution in [0, 0.1) is 62.1 Å². The SMILES string of the molecule is CC1(C)CC[C@]2(NS(C)(=O)=O)CC[C@]3(C)[C@H](C(=O)C[C@@H]4[C@@]5(C)C=C(C#N)C(=O)C(C)(C)[C@@H]5CC[C@]43C)[C@@H]2C1. The van der Waals surface area contributed by atoms with Gasteiger partial charge in [0.15, 0.2) is 5.78 Å². The van der Waals surface area contributed by atoms with Crippen molar-refractivity contribution in [3.05, 3.63) is 11.6 Å². The van der Waals surface area contributed by atoms with Gasteiger partial charge in [0.1, 0.15) is 11.9 Å². The molecule has 4 fully saturated rings. The normalized spacial score (nSPS) is 47.5. The van der Waals surface area contributed by atoms with Crippen LogP contribution in [0.5, 0.6) is 0 Å². The first-order valence-electron chi connectivity index (χ1n) is 14.5. The van der Waals surface area contributed by atoms with Crippen LogP contribution in [0.1, 0.15) is 99.8 Å². The first-order valence-corrected chi connectivity index (χ1v) is 16.4. The lowest BCUT2D eigenvalue weighted by Gasteiger charge is -2.72. The lowest BCUT2D eigenvalue weighted by atomic mass is 9.32. The molecule has 0 unspecified atom stereocenters. The predicted molar refractivity (Wildman–Crippen MR) is 147 cm³/mol. The lowest BCUT2D eigenvalue weighted by Crippen LogP contribution is -2.72. The molecule has 0 aliphatic heterocycles. The van der Waals surface area contributed by atoms with Crippen molar-refractivity contribution in [2.24, 2.45) is 50.7 Å². The van der Waals surface area contributed by atoms with Crippen molar-refractivity contribution in [1.29, 1.82) is 5.26 Å². The minimum absolute atomic E-state index is 0.0326. The number of nitrogens with zero attached hydrogens (tertiary/aromatic N) is 1. The maximum atomic E-state index is 14.5. The smallest absolute Gasteiger partial charge is 0.209 e. The van der Waals surface area contributed by atoms with Crippen LogP contribution < -0.4 is 4.72 Å². The van der Waals surface area contributed by atoms with E-state index in [2.05, 4.69) is 45.4 Å². The summed E-state index contributed by atoms with van der Waals surface area (Å²) in [6.07, 6.45) is 9.52. The zero-order chi connectivity index (χ0) is 28.3. The Morgan fingerprint density at radius 1 is 0.921 bits per heavy atom. The summed E-state index contributed by atoms with van der Waals surface area (Å²) in [5, 5.41) is 9.89. The number of hydrogen-bond donors (Lipinski definition) is 1. The van der Waals surface area contributed by atoms with Gasteiger partial charge >= 0.3 is 0 Å². The fraction of sp³-hybridized carbons (Fsp3) is 0.839. The fourth-order valence-electron chi connectivity index (χ4n) is 10.9.